The second-order valence-electron chi connectivity index (χ2n) is 4.84. The molecule has 0 aromatic heterocycles. The number of likely N-dealkylation sites (N-methyl/N-ethyl adjacent to an activating group) is 1. The number of nitrogens with zero attached hydrogens (tertiary/aromatic N) is 2. The molecule has 0 bridgehead atoms. The van der Waals surface area contributed by atoms with Gasteiger partial charge in [-0.05, 0) is 26.2 Å². The molecule has 1 aromatic carbocycles. The number of nitrogens with one attached hydrogen (secondary N) is 1. The van der Waals surface area contributed by atoms with Gasteiger partial charge in [0.2, 0.25) is 5.91 Å². The van der Waals surface area contributed by atoms with Crippen LogP contribution >= 0.6 is 0 Å². The van der Waals surface area contributed by atoms with Crippen LogP contribution in [0.4, 0.5) is 0 Å². The molecule has 0 saturated heterocycles. The monoisotopic (exact) mass is 303 g/mol. The molecule has 1 amide bonds. The quantitative estimate of drug-likeness (QED) is 0.773. The fraction of sp³-hybridized carbons (Fsp3) is 0.375. The van der Waals surface area contributed by atoms with Crippen LogP contribution in [0.3, 0.4) is 0 Å². The minimum absolute atomic E-state index is 0.328. The van der Waals surface area contributed by atoms with Crippen molar-refractivity contribution in [2.75, 3.05) is 34.9 Å². The highest BCUT2D eigenvalue weighted by Gasteiger charge is 2.17. The molecule has 0 aliphatic carbocycles. The van der Waals surface area contributed by atoms with Gasteiger partial charge in [0.25, 0.3) is 0 Å². The molecule has 0 heterocycles. The van der Waals surface area contributed by atoms with Crippen molar-refractivity contribution in [2.24, 2.45) is 0 Å². The summed E-state index contributed by atoms with van der Waals surface area (Å²) in [5.41, 5.74) is 0.583. The highest BCUT2D eigenvalue weighted by molar-refractivity contribution is 5.88. The van der Waals surface area contributed by atoms with Crippen LogP contribution < -0.4 is 14.8 Å². The molecular weight excluding hydrogens is 282 g/mol. The summed E-state index contributed by atoms with van der Waals surface area (Å²) in [7, 11) is 6.87. The van der Waals surface area contributed by atoms with Gasteiger partial charge in [-0.2, -0.15) is 5.26 Å². The van der Waals surface area contributed by atoms with Crippen LogP contribution in [0.2, 0.25) is 0 Å². The van der Waals surface area contributed by atoms with Crippen molar-refractivity contribution in [3.8, 4) is 17.6 Å². The first kappa shape index (κ1) is 17.5. The zero-order valence-electron chi connectivity index (χ0n) is 13.3. The number of benzene rings is 1. The molecule has 0 aliphatic rings. The molecule has 1 aromatic rings. The molecule has 6 nitrogen and oxygen atoms in total. The summed E-state index contributed by atoms with van der Waals surface area (Å²) in [5, 5.41) is 11.9. The van der Waals surface area contributed by atoms with Gasteiger partial charge in [0.1, 0.15) is 17.5 Å². The van der Waals surface area contributed by atoms with Crippen molar-refractivity contribution in [2.45, 2.75) is 6.04 Å². The Morgan fingerprint density at radius 2 is 2.14 bits per heavy atom. The number of hydrogen-bond acceptors (Lipinski definition) is 5. The van der Waals surface area contributed by atoms with Crippen molar-refractivity contribution in [3.63, 3.8) is 0 Å². The predicted molar refractivity (Wildman–Crippen MR) is 83.7 cm³/mol. The number of rotatable bonds is 7. The van der Waals surface area contributed by atoms with Gasteiger partial charge in [0, 0.05) is 24.3 Å². The highest BCUT2D eigenvalue weighted by atomic mass is 16.5. The fourth-order valence-electron chi connectivity index (χ4n) is 1.80. The summed E-state index contributed by atoms with van der Waals surface area (Å²) in [4.78, 5) is 13.8. The third kappa shape index (κ3) is 5.11. The van der Waals surface area contributed by atoms with Crippen LogP contribution in [-0.2, 0) is 4.79 Å². The van der Waals surface area contributed by atoms with Crippen molar-refractivity contribution in [1.29, 1.82) is 5.26 Å². The van der Waals surface area contributed by atoms with E-state index in [0.717, 1.165) is 0 Å². The van der Waals surface area contributed by atoms with Crippen molar-refractivity contribution in [1.82, 2.24) is 10.2 Å². The fourth-order valence-corrected chi connectivity index (χ4v) is 1.80. The summed E-state index contributed by atoms with van der Waals surface area (Å²) >= 11 is 0. The van der Waals surface area contributed by atoms with E-state index < -0.39 is 6.04 Å². The summed E-state index contributed by atoms with van der Waals surface area (Å²) in [6, 6.07) is 6.37. The molecule has 6 heteroatoms. The molecule has 1 atom stereocenters. The third-order valence-corrected chi connectivity index (χ3v) is 2.91. The maximum Gasteiger partial charge on any atom is 0.244 e. The topological polar surface area (TPSA) is 74.6 Å². The van der Waals surface area contributed by atoms with E-state index in [0.29, 0.717) is 23.6 Å². The first-order chi connectivity index (χ1) is 10.5. The third-order valence-electron chi connectivity index (χ3n) is 2.91. The van der Waals surface area contributed by atoms with E-state index in [1.807, 2.05) is 19.0 Å². The molecule has 1 N–H and O–H groups in total. The van der Waals surface area contributed by atoms with E-state index in [1.54, 1.807) is 31.4 Å². The zero-order chi connectivity index (χ0) is 16.5. The van der Waals surface area contributed by atoms with Crippen LogP contribution in [0.25, 0.3) is 0 Å². The number of ether oxygens (including phenoxy) is 2. The number of carbonyl (C=O) groups excluding carboxylic acids is 1. The van der Waals surface area contributed by atoms with E-state index >= 15 is 0 Å². The van der Waals surface area contributed by atoms with Gasteiger partial charge < -0.3 is 19.7 Å². The Bertz CT molecular complexity index is 576. The SMILES string of the molecule is COc1ccc(C(C#N)NC(=O)/C=C/CN(C)C)c(OC)c1. The van der Waals surface area contributed by atoms with Crippen molar-refractivity contribution in [3.05, 3.63) is 35.9 Å². The van der Waals surface area contributed by atoms with Gasteiger partial charge in [-0.3, -0.25) is 4.79 Å². The molecule has 0 fully saturated rings. The van der Waals surface area contributed by atoms with E-state index in [1.165, 1.54) is 13.2 Å². The maximum atomic E-state index is 11.9. The standard InChI is InChI=1S/C16H21N3O3/c1-19(2)9-5-6-16(20)18-14(11-17)13-8-7-12(21-3)10-15(13)22-4/h5-8,10,14H,9H2,1-4H3,(H,18,20)/b6-5+. The molecule has 0 saturated carbocycles. The molecular formula is C16H21N3O3. The Balaban J connectivity index is 2.86. The van der Waals surface area contributed by atoms with Gasteiger partial charge in [-0.15, -0.1) is 0 Å². The second kappa shape index (κ2) is 8.70. The molecule has 1 rings (SSSR count). The van der Waals surface area contributed by atoms with E-state index in [-0.39, 0.29) is 5.91 Å². The van der Waals surface area contributed by atoms with Crippen LogP contribution in [-0.4, -0.2) is 45.7 Å². The van der Waals surface area contributed by atoms with Gasteiger partial charge >= 0.3 is 0 Å². The van der Waals surface area contributed by atoms with E-state index in [2.05, 4.69) is 11.4 Å². The number of nitriles is 1. The summed E-state index contributed by atoms with van der Waals surface area (Å²) in [6.07, 6.45) is 3.15. The van der Waals surface area contributed by atoms with Crippen molar-refractivity contribution < 1.29 is 14.3 Å². The largest absolute Gasteiger partial charge is 0.497 e. The summed E-state index contributed by atoms with van der Waals surface area (Å²) in [6.45, 7) is 0.649. The Morgan fingerprint density at radius 3 is 2.68 bits per heavy atom. The van der Waals surface area contributed by atoms with Gasteiger partial charge in [0.15, 0.2) is 0 Å². The lowest BCUT2D eigenvalue weighted by atomic mass is 10.1. The lowest BCUT2D eigenvalue weighted by Crippen LogP contribution is -2.26. The lowest BCUT2D eigenvalue weighted by Gasteiger charge is -2.15. The normalized spacial score (nSPS) is 12.0. The molecule has 0 spiro atoms. The van der Waals surface area contributed by atoms with E-state index in [4.69, 9.17) is 9.47 Å². The number of methoxy groups -OCH3 is 2. The zero-order valence-corrected chi connectivity index (χ0v) is 13.3. The van der Waals surface area contributed by atoms with Gasteiger partial charge in [-0.25, -0.2) is 0 Å². The first-order valence-corrected chi connectivity index (χ1v) is 6.75. The molecule has 118 valence electrons. The highest BCUT2D eigenvalue weighted by Crippen LogP contribution is 2.29. The molecule has 1 unspecified atom stereocenters. The summed E-state index contributed by atoms with van der Waals surface area (Å²) in [5.74, 6) is 0.782. The van der Waals surface area contributed by atoms with Gasteiger partial charge in [0.05, 0.1) is 20.3 Å². The van der Waals surface area contributed by atoms with Crippen molar-refractivity contribution >= 4 is 5.91 Å². The number of carbonyl (C=O) groups is 1. The lowest BCUT2D eigenvalue weighted by molar-refractivity contribution is -0.116. The Labute approximate surface area is 130 Å². The van der Waals surface area contributed by atoms with Crippen LogP contribution in [0.15, 0.2) is 30.4 Å². The van der Waals surface area contributed by atoms with Gasteiger partial charge in [-0.1, -0.05) is 6.08 Å². The molecule has 0 radical (unpaired) electrons. The first-order valence-electron chi connectivity index (χ1n) is 6.75. The number of hydrogen-bond donors (Lipinski definition) is 1. The smallest absolute Gasteiger partial charge is 0.244 e. The van der Waals surface area contributed by atoms with Crippen LogP contribution in [0, 0.1) is 11.3 Å². The Kier molecular flexibility index (Phi) is 6.93. The number of amides is 1. The minimum atomic E-state index is -0.794. The average molecular weight is 303 g/mol. The van der Waals surface area contributed by atoms with E-state index in [9.17, 15) is 10.1 Å². The second-order valence-corrected chi connectivity index (χ2v) is 4.84. The van der Waals surface area contributed by atoms with Crippen LogP contribution in [0.5, 0.6) is 11.5 Å². The molecule has 22 heavy (non-hydrogen) atoms. The summed E-state index contributed by atoms with van der Waals surface area (Å²) < 4.78 is 10.4. The maximum absolute atomic E-state index is 11.9. The van der Waals surface area contributed by atoms with Crippen LogP contribution in [0.1, 0.15) is 11.6 Å². The predicted octanol–water partition coefficient (Wildman–Crippen LogP) is 1.50. The Morgan fingerprint density at radius 1 is 1.41 bits per heavy atom. The Hall–Kier alpha value is -2.52. The minimum Gasteiger partial charge on any atom is -0.497 e. The molecule has 0 aliphatic heterocycles. The average Bonchev–Trinajstić information content (AvgIpc) is 2.51.